The Kier molecular flexibility index (Phi) is 3.44. The molecule has 0 amide bonds. The van der Waals surface area contributed by atoms with E-state index in [2.05, 4.69) is 4.98 Å². The molecule has 0 unspecified atom stereocenters. The van der Waals surface area contributed by atoms with Crippen LogP contribution in [-0.4, -0.2) is 16.1 Å². The number of nitrogens with zero attached hydrogens (tertiary/aromatic N) is 1. The van der Waals surface area contributed by atoms with Crippen molar-refractivity contribution in [3.63, 3.8) is 0 Å². The fourth-order valence-electron chi connectivity index (χ4n) is 2.68. The van der Waals surface area contributed by atoms with E-state index >= 15 is 0 Å². The first kappa shape index (κ1) is 15.0. The second kappa shape index (κ2) is 5.51. The minimum Gasteiger partial charge on any atom is -0.478 e. The lowest BCUT2D eigenvalue weighted by molar-refractivity contribution is 0.0699. The van der Waals surface area contributed by atoms with Crippen LogP contribution in [0.15, 0.2) is 52.9 Å². The zero-order valence-electron chi connectivity index (χ0n) is 12.1. The van der Waals surface area contributed by atoms with Crippen LogP contribution in [0.2, 0.25) is 10.0 Å². The number of hydrogen-bond acceptors (Lipinski definition) is 3. The molecule has 0 saturated heterocycles. The van der Waals surface area contributed by atoms with Crippen LogP contribution in [0.4, 0.5) is 0 Å². The van der Waals surface area contributed by atoms with Crippen molar-refractivity contribution in [3.05, 3.63) is 64.1 Å². The molecule has 0 aliphatic heterocycles. The summed E-state index contributed by atoms with van der Waals surface area (Å²) in [6, 6.07) is 13.6. The quantitative estimate of drug-likeness (QED) is 0.503. The molecule has 0 fully saturated rings. The Morgan fingerprint density at radius 2 is 1.88 bits per heavy atom. The van der Waals surface area contributed by atoms with Crippen molar-refractivity contribution in [1.82, 2.24) is 4.98 Å². The summed E-state index contributed by atoms with van der Waals surface area (Å²) < 4.78 is 5.78. The highest BCUT2D eigenvalue weighted by atomic mass is 35.5. The van der Waals surface area contributed by atoms with E-state index in [0.717, 1.165) is 5.39 Å². The van der Waals surface area contributed by atoms with Gasteiger partial charge in [0.1, 0.15) is 5.69 Å². The summed E-state index contributed by atoms with van der Waals surface area (Å²) in [5.74, 6) is -0.588. The van der Waals surface area contributed by atoms with Crippen molar-refractivity contribution in [3.8, 4) is 11.5 Å². The molecule has 0 spiro atoms. The van der Waals surface area contributed by atoms with Gasteiger partial charge >= 0.3 is 5.97 Å². The van der Waals surface area contributed by atoms with Gasteiger partial charge in [0, 0.05) is 15.8 Å². The van der Waals surface area contributed by atoms with E-state index in [1.165, 1.54) is 6.07 Å². The highest BCUT2D eigenvalue weighted by Gasteiger charge is 2.16. The van der Waals surface area contributed by atoms with Crippen molar-refractivity contribution in [2.45, 2.75) is 0 Å². The zero-order valence-corrected chi connectivity index (χ0v) is 13.6. The number of carboxylic acid groups (broad SMARTS) is 1. The standard InChI is InChI=1S/C18H9Cl2NO3/c19-10-5-9-6-16(24-17(9)13(20)7-10)15-8-12(18(22)23)11-3-1-2-4-14(11)21-15/h1-8H,(H,22,23). The number of pyridine rings is 1. The molecule has 0 aliphatic rings. The summed E-state index contributed by atoms with van der Waals surface area (Å²) >= 11 is 12.2. The summed E-state index contributed by atoms with van der Waals surface area (Å²) in [5, 5.41) is 11.7. The van der Waals surface area contributed by atoms with E-state index in [-0.39, 0.29) is 5.56 Å². The summed E-state index contributed by atoms with van der Waals surface area (Å²) in [5.41, 5.74) is 1.66. The smallest absolute Gasteiger partial charge is 0.336 e. The molecule has 0 bridgehead atoms. The van der Waals surface area contributed by atoms with Gasteiger partial charge in [-0.15, -0.1) is 0 Å². The molecular weight excluding hydrogens is 349 g/mol. The van der Waals surface area contributed by atoms with Gasteiger partial charge in [-0.2, -0.15) is 0 Å². The van der Waals surface area contributed by atoms with Crippen LogP contribution in [-0.2, 0) is 0 Å². The fourth-order valence-corrected chi connectivity index (χ4v) is 3.23. The summed E-state index contributed by atoms with van der Waals surface area (Å²) in [4.78, 5) is 16.1. The lowest BCUT2D eigenvalue weighted by Gasteiger charge is -2.04. The Morgan fingerprint density at radius 1 is 1.08 bits per heavy atom. The predicted octanol–water partition coefficient (Wildman–Crippen LogP) is 5.65. The van der Waals surface area contributed by atoms with Crippen LogP contribution < -0.4 is 0 Å². The maximum Gasteiger partial charge on any atom is 0.336 e. The monoisotopic (exact) mass is 357 g/mol. The number of aromatic nitrogens is 1. The normalized spacial score (nSPS) is 11.2. The van der Waals surface area contributed by atoms with Crippen molar-refractivity contribution < 1.29 is 14.3 Å². The van der Waals surface area contributed by atoms with Crippen LogP contribution in [0, 0.1) is 0 Å². The van der Waals surface area contributed by atoms with Gasteiger partial charge in [0.2, 0.25) is 0 Å². The van der Waals surface area contributed by atoms with E-state index in [1.54, 1.807) is 42.5 Å². The zero-order chi connectivity index (χ0) is 16.8. The minimum atomic E-state index is -1.02. The Labute approximate surface area is 146 Å². The Morgan fingerprint density at radius 3 is 2.67 bits per heavy atom. The first-order valence-electron chi connectivity index (χ1n) is 7.05. The minimum absolute atomic E-state index is 0.167. The Hall–Kier alpha value is -2.56. The van der Waals surface area contributed by atoms with Crippen LogP contribution in [0.5, 0.6) is 0 Å². The second-order valence-corrected chi connectivity index (χ2v) is 6.14. The molecule has 0 radical (unpaired) electrons. The number of furan rings is 1. The summed E-state index contributed by atoms with van der Waals surface area (Å²) in [6.07, 6.45) is 0. The highest BCUT2D eigenvalue weighted by Crippen LogP contribution is 2.35. The molecule has 0 atom stereocenters. The summed E-state index contributed by atoms with van der Waals surface area (Å²) in [6.45, 7) is 0. The molecule has 1 N–H and O–H groups in total. The maximum atomic E-state index is 11.6. The predicted molar refractivity (Wildman–Crippen MR) is 93.9 cm³/mol. The molecule has 4 aromatic rings. The second-order valence-electron chi connectivity index (χ2n) is 5.29. The number of aromatic carboxylic acids is 1. The van der Waals surface area contributed by atoms with Gasteiger partial charge in [0.15, 0.2) is 11.3 Å². The van der Waals surface area contributed by atoms with Gasteiger partial charge in [-0.1, -0.05) is 41.4 Å². The third kappa shape index (κ3) is 2.40. The van der Waals surface area contributed by atoms with E-state index in [1.807, 2.05) is 0 Å². The maximum absolute atomic E-state index is 11.6. The Balaban J connectivity index is 1.99. The first-order valence-corrected chi connectivity index (χ1v) is 7.80. The number of halogens is 2. The van der Waals surface area contributed by atoms with E-state index in [0.29, 0.717) is 38.0 Å². The van der Waals surface area contributed by atoms with E-state index in [9.17, 15) is 9.90 Å². The molecule has 118 valence electrons. The number of para-hydroxylation sites is 1. The third-order valence-corrected chi connectivity index (χ3v) is 4.23. The molecule has 6 heteroatoms. The summed E-state index contributed by atoms with van der Waals surface area (Å²) in [7, 11) is 0. The average Bonchev–Trinajstić information content (AvgIpc) is 2.98. The van der Waals surface area contributed by atoms with Gasteiger partial charge in [0.05, 0.1) is 16.1 Å². The number of benzene rings is 2. The number of rotatable bonds is 2. The van der Waals surface area contributed by atoms with Crippen LogP contribution in [0.3, 0.4) is 0 Å². The molecule has 4 rings (SSSR count). The van der Waals surface area contributed by atoms with Crippen LogP contribution >= 0.6 is 23.2 Å². The van der Waals surface area contributed by atoms with Crippen molar-refractivity contribution in [2.75, 3.05) is 0 Å². The lowest BCUT2D eigenvalue weighted by Crippen LogP contribution is -1.99. The van der Waals surface area contributed by atoms with E-state index < -0.39 is 5.97 Å². The fraction of sp³-hybridized carbons (Fsp3) is 0. The molecule has 2 aromatic carbocycles. The van der Waals surface area contributed by atoms with Gasteiger partial charge < -0.3 is 9.52 Å². The van der Waals surface area contributed by atoms with Crippen molar-refractivity contribution in [2.24, 2.45) is 0 Å². The molecular formula is C18H9Cl2NO3. The SMILES string of the molecule is O=C(O)c1cc(-c2cc3cc(Cl)cc(Cl)c3o2)nc2ccccc12. The topological polar surface area (TPSA) is 63.3 Å². The number of fused-ring (bicyclic) bond motifs is 2. The highest BCUT2D eigenvalue weighted by molar-refractivity contribution is 6.38. The largest absolute Gasteiger partial charge is 0.478 e. The molecule has 2 aromatic heterocycles. The van der Waals surface area contributed by atoms with Crippen molar-refractivity contribution in [1.29, 1.82) is 0 Å². The first-order chi connectivity index (χ1) is 11.5. The molecule has 24 heavy (non-hydrogen) atoms. The third-order valence-electron chi connectivity index (χ3n) is 3.73. The Bertz CT molecular complexity index is 1120. The van der Waals surface area contributed by atoms with Crippen molar-refractivity contribution >= 4 is 51.0 Å². The number of carbonyl (C=O) groups is 1. The van der Waals surface area contributed by atoms with Gasteiger partial charge in [-0.3, -0.25) is 0 Å². The molecule has 4 nitrogen and oxygen atoms in total. The lowest BCUT2D eigenvalue weighted by atomic mass is 10.1. The number of carboxylic acids is 1. The average molecular weight is 358 g/mol. The van der Waals surface area contributed by atoms with Crippen LogP contribution in [0.25, 0.3) is 33.3 Å². The van der Waals surface area contributed by atoms with Gasteiger partial charge in [-0.05, 0) is 30.3 Å². The molecule has 0 aliphatic carbocycles. The molecule has 2 heterocycles. The van der Waals surface area contributed by atoms with Crippen LogP contribution in [0.1, 0.15) is 10.4 Å². The van der Waals surface area contributed by atoms with Gasteiger partial charge in [0.25, 0.3) is 0 Å². The van der Waals surface area contributed by atoms with Gasteiger partial charge in [-0.25, -0.2) is 9.78 Å². The number of hydrogen-bond donors (Lipinski definition) is 1. The molecule has 0 saturated carbocycles. The van der Waals surface area contributed by atoms with E-state index in [4.69, 9.17) is 27.6 Å².